The van der Waals surface area contributed by atoms with E-state index >= 15 is 0 Å². The minimum absolute atomic E-state index is 0.340. The van der Waals surface area contributed by atoms with Crippen LogP contribution >= 0.6 is 11.6 Å². The number of aromatic nitrogens is 2. The monoisotopic (exact) mass is 310 g/mol. The Kier molecular flexibility index (Phi) is 4.26. The van der Waals surface area contributed by atoms with Gasteiger partial charge in [0.2, 0.25) is 5.75 Å². The normalized spacial score (nSPS) is 13.4. The van der Waals surface area contributed by atoms with Gasteiger partial charge in [-0.2, -0.15) is 0 Å². The first-order valence-corrected chi connectivity index (χ1v) is 7.03. The Hall–Kier alpha value is -1.79. The van der Waals surface area contributed by atoms with Crippen LogP contribution in [0.25, 0.3) is 10.9 Å². The van der Waals surface area contributed by atoms with Crippen molar-refractivity contribution < 1.29 is 18.9 Å². The lowest BCUT2D eigenvalue weighted by molar-refractivity contribution is 0.154. The molecule has 0 radical (unpaired) electrons. The molecule has 0 amide bonds. The number of rotatable bonds is 5. The van der Waals surface area contributed by atoms with Crippen LogP contribution in [0.5, 0.6) is 17.2 Å². The lowest BCUT2D eigenvalue weighted by atomic mass is 10.2. The Balaban J connectivity index is 2.00. The van der Waals surface area contributed by atoms with Crippen LogP contribution in [0.15, 0.2) is 12.4 Å². The van der Waals surface area contributed by atoms with E-state index in [-0.39, 0.29) is 0 Å². The lowest BCUT2D eigenvalue weighted by Crippen LogP contribution is -2.17. The molecule has 6 nitrogen and oxygen atoms in total. The summed E-state index contributed by atoms with van der Waals surface area (Å²) in [5.74, 6) is 1.71. The molecular formula is C14H15ClN2O4. The molecule has 0 aliphatic carbocycles. The summed E-state index contributed by atoms with van der Waals surface area (Å²) in [7, 11) is 1.66. The predicted molar refractivity (Wildman–Crippen MR) is 77.5 cm³/mol. The van der Waals surface area contributed by atoms with E-state index in [4.69, 9.17) is 30.5 Å². The average molecular weight is 311 g/mol. The quantitative estimate of drug-likeness (QED) is 0.624. The first kappa shape index (κ1) is 14.2. The first-order chi connectivity index (χ1) is 10.3. The number of halogens is 1. The highest BCUT2D eigenvalue weighted by molar-refractivity contribution is 6.34. The van der Waals surface area contributed by atoms with Gasteiger partial charge in [-0.25, -0.2) is 9.97 Å². The third kappa shape index (κ3) is 2.82. The van der Waals surface area contributed by atoms with Crippen LogP contribution in [0.2, 0.25) is 5.15 Å². The zero-order valence-electron chi connectivity index (χ0n) is 11.6. The topological polar surface area (TPSA) is 62.7 Å². The zero-order chi connectivity index (χ0) is 14.7. The fourth-order valence-electron chi connectivity index (χ4n) is 2.17. The smallest absolute Gasteiger partial charge is 0.204 e. The number of hydrogen-bond acceptors (Lipinski definition) is 6. The maximum absolute atomic E-state index is 6.15. The molecular weight excluding hydrogens is 296 g/mol. The van der Waals surface area contributed by atoms with Crippen molar-refractivity contribution in [1.82, 2.24) is 9.97 Å². The molecule has 0 saturated heterocycles. The highest BCUT2D eigenvalue weighted by Gasteiger charge is 2.23. The molecule has 112 valence electrons. The molecule has 1 aromatic heterocycles. The van der Waals surface area contributed by atoms with Crippen molar-refractivity contribution in [2.75, 3.05) is 33.5 Å². The Bertz CT molecular complexity index is 650. The Morgan fingerprint density at radius 3 is 2.81 bits per heavy atom. The molecule has 0 unspecified atom stereocenters. The van der Waals surface area contributed by atoms with Crippen molar-refractivity contribution in [3.63, 3.8) is 0 Å². The van der Waals surface area contributed by atoms with Crippen molar-refractivity contribution in [1.29, 1.82) is 0 Å². The standard InChI is InChI=1S/C14H15ClN2O4/c1-18-3-2-4-19-10-7-9-11(14(15)17-8-16-9)13-12(10)20-5-6-21-13/h7-8H,2-6H2,1H3. The summed E-state index contributed by atoms with van der Waals surface area (Å²) >= 11 is 6.15. The van der Waals surface area contributed by atoms with Crippen LogP contribution in [0.1, 0.15) is 6.42 Å². The third-order valence-electron chi connectivity index (χ3n) is 3.08. The summed E-state index contributed by atoms with van der Waals surface area (Å²) in [6, 6.07) is 1.79. The van der Waals surface area contributed by atoms with E-state index in [1.165, 1.54) is 6.33 Å². The summed E-state index contributed by atoms with van der Waals surface area (Å²) in [6.07, 6.45) is 2.20. The van der Waals surface area contributed by atoms with Gasteiger partial charge in [0.05, 0.1) is 17.5 Å². The minimum Gasteiger partial charge on any atom is -0.489 e. The first-order valence-electron chi connectivity index (χ1n) is 6.66. The van der Waals surface area contributed by atoms with Crippen molar-refractivity contribution in [3.05, 3.63) is 17.5 Å². The van der Waals surface area contributed by atoms with E-state index in [0.29, 0.717) is 59.7 Å². The molecule has 21 heavy (non-hydrogen) atoms. The third-order valence-corrected chi connectivity index (χ3v) is 3.37. The fourth-order valence-corrected chi connectivity index (χ4v) is 2.39. The highest BCUT2D eigenvalue weighted by atomic mass is 35.5. The number of methoxy groups -OCH3 is 1. The molecule has 7 heteroatoms. The number of hydrogen-bond donors (Lipinski definition) is 0. The molecule has 0 atom stereocenters. The van der Waals surface area contributed by atoms with Crippen molar-refractivity contribution >= 4 is 22.5 Å². The van der Waals surface area contributed by atoms with Crippen molar-refractivity contribution in [2.24, 2.45) is 0 Å². The fraction of sp³-hybridized carbons (Fsp3) is 0.429. The van der Waals surface area contributed by atoms with E-state index in [9.17, 15) is 0 Å². The van der Waals surface area contributed by atoms with Crippen LogP contribution in [-0.2, 0) is 4.74 Å². The molecule has 0 fully saturated rings. The molecule has 1 aliphatic heterocycles. The van der Waals surface area contributed by atoms with E-state index < -0.39 is 0 Å². The molecule has 2 heterocycles. The number of ether oxygens (including phenoxy) is 4. The van der Waals surface area contributed by atoms with Crippen LogP contribution in [-0.4, -0.2) is 43.5 Å². The van der Waals surface area contributed by atoms with Crippen LogP contribution in [0.3, 0.4) is 0 Å². The Morgan fingerprint density at radius 2 is 2.00 bits per heavy atom. The van der Waals surface area contributed by atoms with Crippen LogP contribution < -0.4 is 14.2 Å². The van der Waals surface area contributed by atoms with Gasteiger partial charge in [-0.1, -0.05) is 11.6 Å². The lowest BCUT2D eigenvalue weighted by Gasteiger charge is -2.22. The number of nitrogens with zero attached hydrogens (tertiary/aromatic N) is 2. The second kappa shape index (κ2) is 6.32. The minimum atomic E-state index is 0.340. The summed E-state index contributed by atoms with van der Waals surface area (Å²) in [5, 5.41) is 0.991. The largest absolute Gasteiger partial charge is 0.489 e. The molecule has 1 aromatic carbocycles. The number of benzene rings is 1. The van der Waals surface area contributed by atoms with Crippen molar-refractivity contribution in [3.8, 4) is 17.2 Å². The summed E-state index contributed by atoms with van der Waals surface area (Å²) in [5.41, 5.74) is 0.668. The van der Waals surface area contributed by atoms with Gasteiger partial charge in [0.1, 0.15) is 24.7 Å². The van der Waals surface area contributed by atoms with Gasteiger partial charge in [-0.05, 0) is 0 Å². The van der Waals surface area contributed by atoms with Crippen LogP contribution in [0, 0.1) is 0 Å². The zero-order valence-corrected chi connectivity index (χ0v) is 12.4. The highest BCUT2D eigenvalue weighted by Crippen LogP contribution is 2.46. The molecule has 1 aliphatic rings. The van der Waals surface area contributed by atoms with E-state index in [1.807, 2.05) is 0 Å². The SMILES string of the molecule is COCCCOc1cc2ncnc(Cl)c2c2c1OCCO2. The van der Waals surface area contributed by atoms with Gasteiger partial charge in [-0.3, -0.25) is 0 Å². The van der Waals surface area contributed by atoms with Gasteiger partial charge in [-0.15, -0.1) is 0 Å². The molecule has 3 rings (SSSR count). The Morgan fingerprint density at radius 1 is 1.19 bits per heavy atom. The average Bonchev–Trinajstić information content (AvgIpc) is 2.51. The van der Waals surface area contributed by atoms with Gasteiger partial charge < -0.3 is 18.9 Å². The van der Waals surface area contributed by atoms with E-state index in [0.717, 1.165) is 6.42 Å². The maximum Gasteiger partial charge on any atom is 0.204 e. The number of fused-ring (bicyclic) bond motifs is 3. The van der Waals surface area contributed by atoms with Crippen molar-refractivity contribution in [2.45, 2.75) is 6.42 Å². The molecule has 0 spiro atoms. The van der Waals surface area contributed by atoms with E-state index in [2.05, 4.69) is 9.97 Å². The Labute approximate surface area is 126 Å². The molecule has 2 aromatic rings. The van der Waals surface area contributed by atoms with Gasteiger partial charge in [0.25, 0.3) is 0 Å². The molecule has 0 N–H and O–H groups in total. The van der Waals surface area contributed by atoms with Gasteiger partial charge >= 0.3 is 0 Å². The summed E-state index contributed by atoms with van der Waals surface area (Å²) in [4.78, 5) is 8.21. The maximum atomic E-state index is 6.15. The second-order valence-electron chi connectivity index (χ2n) is 4.48. The summed E-state index contributed by atoms with van der Waals surface area (Å²) < 4.78 is 22.1. The van der Waals surface area contributed by atoms with Crippen LogP contribution in [0.4, 0.5) is 0 Å². The second-order valence-corrected chi connectivity index (χ2v) is 4.84. The van der Waals surface area contributed by atoms with E-state index in [1.54, 1.807) is 13.2 Å². The van der Waals surface area contributed by atoms with Gasteiger partial charge in [0, 0.05) is 26.2 Å². The molecule has 0 bridgehead atoms. The summed E-state index contributed by atoms with van der Waals surface area (Å²) in [6.45, 7) is 2.09. The molecule has 0 saturated carbocycles. The predicted octanol–water partition coefficient (Wildman–Crippen LogP) is 2.47. The van der Waals surface area contributed by atoms with Gasteiger partial charge in [0.15, 0.2) is 11.5 Å².